The van der Waals surface area contributed by atoms with Crippen molar-refractivity contribution in [2.45, 2.75) is 19.8 Å². The van der Waals surface area contributed by atoms with Crippen LogP contribution >= 0.6 is 11.3 Å². The quantitative estimate of drug-likeness (QED) is 0.443. The van der Waals surface area contributed by atoms with E-state index >= 15 is 0 Å². The summed E-state index contributed by atoms with van der Waals surface area (Å²) in [5.41, 5.74) is 3.01. The molecule has 5 aromatic rings. The number of benzene rings is 2. The van der Waals surface area contributed by atoms with Crippen LogP contribution in [-0.4, -0.2) is 30.6 Å². The maximum atomic E-state index is 12.4. The molecular weight excluding hydrogens is 412 g/mol. The summed E-state index contributed by atoms with van der Waals surface area (Å²) in [6.07, 6.45) is 1.96. The molecule has 0 atom stereocenters. The normalized spacial score (nSPS) is 11.3. The van der Waals surface area contributed by atoms with Gasteiger partial charge < -0.3 is 10.3 Å². The van der Waals surface area contributed by atoms with E-state index in [9.17, 15) is 9.59 Å². The van der Waals surface area contributed by atoms with Gasteiger partial charge in [-0.1, -0.05) is 35.6 Å². The third-order valence-corrected chi connectivity index (χ3v) is 5.80. The number of carbonyl (C=O) groups excluding carboxylic acids is 1. The molecule has 0 bridgehead atoms. The summed E-state index contributed by atoms with van der Waals surface area (Å²) in [6.45, 7) is 2.02. The highest BCUT2D eigenvalue weighted by Gasteiger charge is 2.13. The van der Waals surface area contributed by atoms with Gasteiger partial charge in [0.05, 0.1) is 22.1 Å². The molecular formula is C22H18N6O2S. The van der Waals surface area contributed by atoms with Crippen LogP contribution in [0.2, 0.25) is 0 Å². The van der Waals surface area contributed by atoms with Crippen LogP contribution in [0.1, 0.15) is 17.8 Å². The van der Waals surface area contributed by atoms with Crippen LogP contribution in [0.5, 0.6) is 0 Å². The molecule has 0 unspecified atom stereocenters. The van der Waals surface area contributed by atoms with Gasteiger partial charge in [-0.05, 0) is 36.8 Å². The lowest BCUT2D eigenvalue weighted by Gasteiger charge is -2.05. The van der Waals surface area contributed by atoms with Gasteiger partial charge in [0.1, 0.15) is 11.2 Å². The minimum atomic E-state index is -0.274. The van der Waals surface area contributed by atoms with Crippen LogP contribution in [0.15, 0.2) is 59.5 Å². The summed E-state index contributed by atoms with van der Waals surface area (Å²) in [7, 11) is 0. The first kappa shape index (κ1) is 19.1. The maximum absolute atomic E-state index is 12.4. The summed E-state index contributed by atoms with van der Waals surface area (Å²) in [5, 5.41) is 8.09. The van der Waals surface area contributed by atoms with Crippen LogP contribution < -0.4 is 10.9 Å². The van der Waals surface area contributed by atoms with Gasteiger partial charge in [-0.25, -0.2) is 14.6 Å². The molecule has 0 aliphatic carbocycles. The Hall–Kier alpha value is -3.85. The summed E-state index contributed by atoms with van der Waals surface area (Å²) >= 11 is 1.44. The highest BCUT2D eigenvalue weighted by Crippen LogP contribution is 2.26. The fourth-order valence-electron chi connectivity index (χ4n) is 3.34. The number of hydrogen-bond acceptors (Lipinski definition) is 6. The topological polar surface area (TPSA) is 106 Å². The Morgan fingerprint density at radius 1 is 1.16 bits per heavy atom. The Labute approximate surface area is 180 Å². The number of aromatic nitrogens is 5. The van der Waals surface area contributed by atoms with Crippen molar-refractivity contribution in [1.82, 2.24) is 24.7 Å². The molecule has 0 aliphatic heterocycles. The van der Waals surface area contributed by atoms with Crippen molar-refractivity contribution in [2.24, 2.45) is 0 Å². The van der Waals surface area contributed by atoms with Gasteiger partial charge in [-0.15, -0.1) is 0 Å². The van der Waals surface area contributed by atoms with Crippen molar-refractivity contribution in [3.8, 4) is 5.69 Å². The summed E-state index contributed by atoms with van der Waals surface area (Å²) in [6, 6.07) is 15.5. The zero-order valence-corrected chi connectivity index (χ0v) is 17.4. The fourth-order valence-corrected chi connectivity index (χ4v) is 4.32. The second-order valence-electron chi connectivity index (χ2n) is 7.18. The highest BCUT2D eigenvalue weighted by molar-refractivity contribution is 7.22. The Kier molecular flexibility index (Phi) is 4.79. The van der Waals surface area contributed by atoms with Crippen LogP contribution in [0.4, 0.5) is 5.13 Å². The highest BCUT2D eigenvalue weighted by atomic mass is 32.1. The van der Waals surface area contributed by atoms with Crippen molar-refractivity contribution in [2.75, 3.05) is 5.32 Å². The van der Waals surface area contributed by atoms with E-state index in [1.54, 1.807) is 4.68 Å². The smallest absolute Gasteiger partial charge is 0.262 e. The molecule has 9 heteroatoms. The number of fused-ring (bicyclic) bond motifs is 2. The number of aromatic amines is 1. The average molecular weight is 430 g/mol. The lowest BCUT2D eigenvalue weighted by Crippen LogP contribution is -2.16. The number of aryl methyl sites for hydroxylation is 2. The van der Waals surface area contributed by atoms with E-state index in [0.29, 0.717) is 28.4 Å². The maximum Gasteiger partial charge on any atom is 0.262 e. The number of hydrogen-bond donors (Lipinski definition) is 2. The second kappa shape index (κ2) is 7.77. The SMILES string of the molecule is Cc1ccc2nc(NC(=O)CCc3nc4c(cnn4-c4ccccc4)c(=O)[nH]3)sc2c1. The van der Waals surface area contributed by atoms with E-state index in [1.807, 2.05) is 55.5 Å². The van der Waals surface area contributed by atoms with Crippen LogP contribution in [-0.2, 0) is 11.2 Å². The molecule has 0 saturated heterocycles. The number of rotatable bonds is 5. The number of para-hydroxylation sites is 1. The predicted molar refractivity (Wildman–Crippen MR) is 121 cm³/mol. The molecule has 8 nitrogen and oxygen atoms in total. The number of anilines is 1. The van der Waals surface area contributed by atoms with Crippen molar-refractivity contribution in [3.63, 3.8) is 0 Å². The molecule has 31 heavy (non-hydrogen) atoms. The Bertz CT molecular complexity index is 1470. The molecule has 3 heterocycles. The lowest BCUT2D eigenvalue weighted by atomic mass is 10.2. The number of nitrogens with one attached hydrogen (secondary N) is 2. The third-order valence-electron chi connectivity index (χ3n) is 4.87. The summed E-state index contributed by atoms with van der Waals surface area (Å²) < 4.78 is 2.65. The molecule has 0 radical (unpaired) electrons. The van der Waals surface area contributed by atoms with E-state index in [0.717, 1.165) is 21.5 Å². The molecule has 0 aliphatic rings. The van der Waals surface area contributed by atoms with E-state index in [-0.39, 0.29) is 17.9 Å². The number of H-pyrrole nitrogens is 1. The minimum Gasteiger partial charge on any atom is -0.310 e. The molecule has 2 aromatic carbocycles. The third kappa shape index (κ3) is 3.82. The number of nitrogens with zero attached hydrogens (tertiary/aromatic N) is 4. The molecule has 0 fully saturated rings. The molecule has 5 rings (SSSR count). The Morgan fingerprint density at radius 3 is 2.84 bits per heavy atom. The Balaban J connectivity index is 1.34. The molecule has 0 saturated carbocycles. The van der Waals surface area contributed by atoms with E-state index < -0.39 is 0 Å². The van der Waals surface area contributed by atoms with Crippen LogP contribution in [0.25, 0.3) is 26.9 Å². The first-order chi connectivity index (χ1) is 15.1. The molecule has 154 valence electrons. The molecule has 0 spiro atoms. The molecule has 1 amide bonds. The zero-order valence-electron chi connectivity index (χ0n) is 16.6. The van der Waals surface area contributed by atoms with E-state index in [4.69, 9.17) is 0 Å². The number of carbonyl (C=O) groups is 1. The first-order valence-corrected chi connectivity index (χ1v) is 10.6. The Morgan fingerprint density at radius 2 is 2.00 bits per heavy atom. The first-order valence-electron chi connectivity index (χ1n) is 9.76. The molecule has 2 N–H and O–H groups in total. The van der Waals surface area contributed by atoms with E-state index in [1.165, 1.54) is 17.5 Å². The second-order valence-corrected chi connectivity index (χ2v) is 8.21. The van der Waals surface area contributed by atoms with Gasteiger partial charge in [0.25, 0.3) is 5.56 Å². The van der Waals surface area contributed by atoms with Gasteiger partial charge >= 0.3 is 0 Å². The van der Waals surface area contributed by atoms with Crippen molar-refractivity contribution >= 4 is 43.6 Å². The van der Waals surface area contributed by atoms with Crippen LogP contribution in [0, 0.1) is 6.92 Å². The zero-order chi connectivity index (χ0) is 21.4. The number of thiazole rings is 1. The number of amides is 1. The van der Waals surface area contributed by atoms with Gasteiger partial charge in [-0.3, -0.25) is 9.59 Å². The van der Waals surface area contributed by atoms with Gasteiger partial charge in [-0.2, -0.15) is 5.10 Å². The largest absolute Gasteiger partial charge is 0.310 e. The fraction of sp³-hybridized carbons (Fsp3) is 0.136. The summed E-state index contributed by atoms with van der Waals surface area (Å²) in [4.78, 5) is 36.6. The van der Waals surface area contributed by atoms with Crippen molar-refractivity contribution in [3.05, 3.63) is 76.5 Å². The standard InChI is InChI=1S/C22H18N6O2S/c1-13-7-8-16-17(11-13)31-22(24-16)27-19(29)10-9-18-25-20-15(21(30)26-18)12-23-28(20)14-5-3-2-4-6-14/h2-8,11-12H,9-10H2,1H3,(H,24,27,29)(H,25,26,30). The molecule has 3 aromatic heterocycles. The van der Waals surface area contributed by atoms with Crippen LogP contribution in [0.3, 0.4) is 0 Å². The van der Waals surface area contributed by atoms with Gasteiger partial charge in [0.15, 0.2) is 10.8 Å². The van der Waals surface area contributed by atoms with Crippen molar-refractivity contribution < 1.29 is 4.79 Å². The average Bonchev–Trinajstić information content (AvgIpc) is 3.36. The van der Waals surface area contributed by atoms with Gasteiger partial charge in [0, 0.05) is 12.8 Å². The monoisotopic (exact) mass is 430 g/mol. The predicted octanol–water partition coefficient (Wildman–Crippen LogP) is 3.60. The van der Waals surface area contributed by atoms with Gasteiger partial charge in [0.2, 0.25) is 5.91 Å². The summed E-state index contributed by atoms with van der Waals surface area (Å²) in [5.74, 6) is 0.250. The van der Waals surface area contributed by atoms with E-state index in [2.05, 4.69) is 25.4 Å². The lowest BCUT2D eigenvalue weighted by molar-refractivity contribution is -0.116. The van der Waals surface area contributed by atoms with Crippen molar-refractivity contribution in [1.29, 1.82) is 0 Å². The minimum absolute atomic E-state index is 0.170.